The number of esters is 1. The molecule has 6 rings (SSSR count). The molecule has 0 bridgehead atoms. The Morgan fingerprint density at radius 2 is 1.28 bits per heavy atom. The van der Waals surface area contributed by atoms with Crippen LogP contribution in [0, 0.1) is 11.8 Å². The van der Waals surface area contributed by atoms with Crippen molar-refractivity contribution in [2.75, 3.05) is 26.2 Å². The second kappa shape index (κ2) is 34.5. The number of aromatic hydroxyl groups is 1. The highest BCUT2D eigenvalue weighted by Gasteiger charge is 2.40. The number of hydrogen-bond acceptors (Lipinski definition) is 16. The van der Waals surface area contributed by atoms with E-state index in [0.29, 0.717) is 47.1 Å². The van der Waals surface area contributed by atoms with E-state index < -0.39 is 120 Å². The number of H-pyrrole nitrogens is 2. The van der Waals surface area contributed by atoms with Crippen molar-refractivity contribution in [3.63, 3.8) is 0 Å². The Morgan fingerprint density at radius 1 is 0.707 bits per heavy atom. The topological polar surface area (TPSA) is 458 Å². The lowest BCUT2D eigenvalue weighted by atomic mass is 9.98. The van der Waals surface area contributed by atoms with Gasteiger partial charge in [-0.3, -0.25) is 52.9 Å². The SMILES string of the molecule is CCNC(=O)[C@@H]1CCCN1C(=O)[C@H](CCCN=C(N)N)NC(=O)[C@H](CC(C)C)NC(=O)[C@@H](CC(C)C)NC(=O)[C@H](Cc1ccc(O)cc1)NC(=O)[C@H](COC(=O)[C@H](C)O)NC(=O)[C@H](Cc1c[nH]c2ccccc12)NC(=O)[C@H](Cc1cnc[nH]1)NC(=O)[C@@H]1CCC(=O)N1. The number of phenolic OH excluding ortho intramolecular Hbond substituents is 1. The van der Waals surface area contributed by atoms with E-state index in [1.54, 1.807) is 51.2 Å². The van der Waals surface area contributed by atoms with Gasteiger partial charge in [0, 0.05) is 74.3 Å². The molecule has 92 heavy (non-hydrogen) atoms. The smallest absolute Gasteiger partial charge is 0.334 e. The molecule has 0 radical (unpaired) electrons. The third kappa shape index (κ3) is 21.5. The van der Waals surface area contributed by atoms with Gasteiger partial charge in [0.2, 0.25) is 59.1 Å². The zero-order valence-corrected chi connectivity index (χ0v) is 52.7. The number of aliphatic imine (C=N–C) groups is 1. The normalized spacial score (nSPS) is 17.1. The maximum Gasteiger partial charge on any atom is 0.334 e. The first kappa shape index (κ1) is 71.5. The fraction of sp³-hybridized carbons (Fsp3) is 0.532. The number of aromatic amines is 2. The number of ether oxygens (including phenoxy) is 1. The summed E-state index contributed by atoms with van der Waals surface area (Å²) in [6.07, 6.45) is 3.66. The third-order valence-corrected chi connectivity index (χ3v) is 15.5. The first-order valence-corrected chi connectivity index (χ1v) is 31.0. The Bertz CT molecular complexity index is 3240. The Balaban J connectivity index is 1.28. The molecule has 17 N–H and O–H groups in total. The standard InChI is InChI=1S/C62H88N16O14/c1-7-66-59(89)50-15-11-23-78(50)60(90)43(14-10-22-67-62(63)64)71-53(83)44(24-33(2)3)72-54(84)45(25-34(4)5)73-55(85)46(26-36-16-18-39(80)19-17-36)74-58(88)49(31-92-61(91)35(6)79)77-56(86)47(27-37-29-68-41-13-9-8-12-40(37)41)75-57(87)48(28-38-30-65-32-69-38)76-52(82)42-20-21-51(81)70-42/h8-9,12-13,16-19,29-30,32-35,42-50,68,79-80H,7,10-11,14-15,20-28,31H2,1-6H3,(H,65,69)(H,66,89)(H,70,81)(H,71,83)(H,72,84)(H,73,85)(H,74,88)(H,75,87)(H,76,82)(H,77,86)(H4,63,64,67)/t35-,42-,43-,44-,45+,46-,47-,48-,49-,50-/m0/s1. The molecule has 4 aromatic rings. The van der Waals surface area contributed by atoms with Crippen molar-refractivity contribution in [1.29, 1.82) is 0 Å². The molecule has 10 atom stereocenters. The number of imidazole rings is 1. The highest BCUT2D eigenvalue weighted by molar-refractivity contribution is 5.99. The number of nitrogens with one attached hydrogen (secondary N) is 11. The number of rotatable bonds is 34. The Kier molecular flexibility index (Phi) is 26.8. The van der Waals surface area contributed by atoms with Crippen LogP contribution in [0.2, 0.25) is 0 Å². The van der Waals surface area contributed by atoms with E-state index in [4.69, 9.17) is 16.2 Å². The van der Waals surface area contributed by atoms with Crippen molar-refractivity contribution in [2.24, 2.45) is 28.3 Å². The molecule has 0 spiro atoms. The van der Waals surface area contributed by atoms with Crippen LogP contribution < -0.4 is 59.3 Å². The summed E-state index contributed by atoms with van der Waals surface area (Å²) in [5.41, 5.74) is 13.1. The van der Waals surface area contributed by atoms with Crippen LogP contribution in [0.5, 0.6) is 5.75 Å². The van der Waals surface area contributed by atoms with Crippen molar-refractivity contribution in [3.8, 4) is 5.75 Å². The van der Waals surface area contributed by atoms with E-state index in [9.17, 15) is 63.0 Å². The number of hydrogen-bond donors (Lipinski definition) is 15. The van der Waals surface area contributed by atoms with Gasteiger partial charge >= 0.3 is 5.97 Å². The number of nitrogens with zero attached hydrogens (tertiary/aromatic N) is 3. The van der Waals surface area contributed by atoms with Gasteiger partial charge in [0.25, 0.3) is 0 Å². The molecule has 2 aromatic carbocycles. The Labute approximate surface area is 532 Å². The van der Waals surface area contributed by atoms with Gasteiger partial charge in [-0.15, -0.1) is 0 Å². The van der Waals surface area contributed by atoms with Crippen LogP contribution in [-0.2, 0) is 76.7 Å². The lowest BCUT2D eigenvalue weighted by molar-refractivity contribution is -0.154. The van der Waals surface area contributed by atoms with Crippen LogP contribution in [0.3, 0.4) is 0 Å². The van der Waals surface area contributed by atoms with E-state index in [0.717, 1.165) is 6.92 Å². The quantitative estimate of drug-likeness (QED) is 0.0109. The number of guanidine groups is 1. The highest BCUT2D eigenvalue weighted by Crippen LogP contribution is 2.23. The number of aliphatic hydroxyl groups is 1. The predicted molar refractivity (Wildman–Crippen MR) is 336 cm³/mol. The van der Waals surface area contributed by atoms with E-state index in [1.807, 2.05) is 13.8 Å². The number of likely N-dealkylation sites (N-methyl/N-ethyl adjacent to an activating group) is 1. The van der Waals surface area contributed by atoms with Crippen LogP contribution in [0.15, 0.2) is 72.2 Å². The zero-order chi connectivity index (χ0) is 67.2. The molecule has 2 saturated heterocycles. The predicted octanol–water partition coefficient (Wildman–Crippen LogP) is -1.51. The Morgan fingerprint density at radius 3 is 1.86 bits per heavy atom. The number of carbonyl (C=O) groups excluding carboxylic acids is 11. The highest BCUT2D eigenvalue weighted by atomic mass is 16.5. The van der Waals surface area contributed by atoms with Gasteiger partial charge < -0.3 is 89.1 Å². The maximum absolute atomic E-state index is 14.9. The van der Waals surface area contributed by atoms with Gasteiger partial charge in [-0.2, -0.15) is 0 Å². The number of nitrogens with two attached hydrogens (primary N) is 2. The molecule has 0 saturated carbocycles. The number of amides is 10. The zero-order valence-electron chi connectivity index (χ0n) is 52.7. The van der Waals surface area contributed by atoms with E-state index in [2.05, 4.69) is 67.8 Å². The summed E-state index contributed by atoms with van der Waals surface area (Å²) in [5.74, 6) is -9.27. The number of carbonyl (C=O) groups is 11. The number of aromatic nitrogens is 3. The summed E-state index contributed by atoms with van der Waals surface area (Å²) < 4.78 is 5.32. The summed E-state index contributed by atoms with van der Waals surface area (Å²) in [4.78, 5) is 170. The molecule has 2 aliphatic heterocycles. The van der Waals surface area contributed by atoms with Crippen molar-refractivity contribution >= 4 is 81.9 Å². The Hall–Kier alpha value is -9.61. The summed E-state index contributed by atoms with van der Waals surface area (Å²) in [5, 5.41) is 45.3. The third-order valence-electron chi connectivity index (χ3n) is 15.5. The van der Waals surface area contributed by atoms with Crippen LogP contribution in [-0.4, -0.2) is 188 Å². The van der Waals surface area contributed by atoms with Crippen LogP contribution in [0.4, 0.5) is 0 Å². The molecule has 30 nitrogen and oxygen atoms in total. The van der Waals surface area contributed by atoms with Gasteiger partial charge in [-0.1, -0.05) is 58.0 Å². The molecule has 10 amide bonds. The molecule has 500 valence electrons. The molecule has 0 unspecified atom stereocenters. The molecular formula is C62H88N16O14. The molecule has 2 aromatic heterocycles. The molecular weight excluding hydrogens is 1190 g/mol. The van der Waals surface area contributed by atoms with Crippen molar-refractivity contribution in [2.45, 2.75) is 173 Å². The van der Waals surface area contributed by atoms with Gasteiger partial charge in [0.15, 0.2) is 5.96 Å². The maximum atomic E-state index is 14.9. The summed E-state index contributed by atoms with van der Waals surface area (Å²) in [7, 11) is 0. The fourth-order valence-electron chi connectivity index (χ4n) is 10.8. The van der Waals surface area contributed by atoms with Gasteiger partial charge in [-0.05, 0) is 100.0 Å². The first-order chi connectivity index (χ1) is 43.8. The fourth-order valence-corrected chi connectivity index (χ4v) is 10.8. The number of phenols is 1. The van der Waals surface area contributed by atoms with Gasteiger partial charge in [0.05, 0.1) is 6.33 Å². The monoisotopic (exact) mass is 1280 g/mol. The van der Waals surface area contributed by atoms with E-state index in [-0.39, 0.29) is 106 Å². The van der Waals surface area contributed by atoms with Crippen molar-refractivity contribution in [1.82, 2.24) is 67.7 Å². The number of fused-ring (bicyclic) bond motifs is 1. The minimum atomic E-state index is -1.87. The van der Waals surface area contributed by atoms with Crippen LogP contribution in [0.1, 0.15) is 110 Å². The van der Waals surface area contributed by atoms with Crippen molar-refractivity contribution in [3.05, 3.63) is 84.1 Å². The average molecular weight is 1280 g/mol. The first-order valence-electron chi connectivity index (χ1n) is 31.0. The summed E-state index contributed by atoms with van der Waals surface area (Å²) >= 11 is 0. The number of para-hydroxylation sites is 1. The van der Waals surface area contributed by atoms with Gasteiger partial charge in [0.1, 0.15) is 72.8 Å². The summed E-state index contributed by atoms with van der Waals surface area (Å²) in [6.45, 7) is 9.88. The lowest BCUT2D eigenvalue weighted by Gasteiger charge is -2.31. The molecule has 4 heterocycles. The summed E-state index contributed by atoms with van der Waals surface area (Å²) in [6, 6.07) is 0.844. The minimum Gasteiger partial charge on any atom is -0.508 e. The van der Waals surface area contributed by atoms with Gasteiger partial charge in [-0.25, -0.2) is 9.78 Å². The molecule has 2 aliphatic rings. The van der Waals surface area contributed by atoms with Crippen molar-refractivity contribution < 1.29 is 67.7 Å². The van der Waals surface area contributed by atoms with Crippen LogP contribution in [0.25, 0.3) is 10.9 Å². The minimum absolute atomic E-state index is 0.00334. The average Bonchev–Trinajstić information content (AvgIpc) is 1.76. The van der Waals surface area contributed by atoms with E-state index in [1.165, 1.54) is 41.7 Å². The second-order valence-electron chi connectivity index (χ2n) is 23.9. The molecule has 0 aliphatic carbocycles. The number of benzene rings is 2. The molecule has 2 fully saturated rings. The largest absolute Gasteiger partial charge is 0.508 e. The lowest BCUT2D eigenvalue weighted by Crippen LogP contribution is -2.61. The molecule has 30 heteroatoms. The second-order valence-corrected chi connectivity index (χ2v) is 23.9. The van der Waals surface area contributed by atoms with E-state index >= 15 is 0 Å². The number of likely N-dealkylation sites (tertiary alicyclic amines) is 1. The number of aliphatic hydroxyl groups excluding tert-OH is 1. The van der Waals surface area contributed by atoms with Crippen LogP contribution >= 0.6 is 0 Å².